The summed E-state index contributed by atoms with van der Waals surface area (Å²) in [7, 11) is 1.69. The number of nitrogens with zero attached hydrogens (tertiary/aromatic N) is 3. The number of para-hydroxylation sites is 1. The molecule has 5 heteroatoms. The Morgan fingerprint density at radius 1 is 1.03 bits per heavy atom. The van der Waals surface area contributed by atoms with Crippen molar-refractivity contribution < 1.29 is 9.53 Å². The van der Waals surface area contributed by atoms with Crippen LogP contribution < -0.4 is 4.74 Å². The Balaban J connectivity index is 1.65. The number of ether oxygens (including phenoxy) is 1. The second-order valence-electron chi connectivity index (χ2n) is 7.44. The van der Waals surface area contributed by atoms with Crippen molar-refractivity contribution in [3.8, 4) is 5.75 Å². The fraction of sp³-hybridized carbons (Fsp3) is 0.240. The Labute approximate surface area is 177 Å². The van der Waals surface area contributed by atoms with Crippen LogP contribution in [0.1, 0.15) is 40.0 Å². The van der Waals surface area contributed by atoms with Gasteiger partial charge in [-0.25, -0.2) is 0 Å². The van der Waals surface area contributed by atoms with Gasteiger partial charge in [-0.2, -0.15) is 0 Å². The van der Waals surface area contributed by atoms with E-state index in [1.807, 2.05) is 60.5 Å². The minimum atomic E-state index is 0.0435. The number of hydrogen-bond acceptors (Lipinski definition) is 4. The maximum absolute atomic E-state index is 12.9. The van der Waals surface area contributed by atoms with E-state index in [4.69, 9.17) is 4.74 Å². The van der Waals surface area contributed by atoms with Crippen LogP contribution >= 0.6 is 0 Å². The Kier molecular flexibility index (Phi) is 5.89. The molecule has 1 fully saturated rings. The third kappa shape index (κ3) is 4.10. The Hall–Kier alpha value is -3.47. The number of amides is 1. The van der Waals surface area contributed by atoms with Crippen molar-refractivity contribution in [2.75, 3.05) is 20.2 Å². The van der Waals surface area contributed by atoms with Crippen molar-refractivity contribution in [3.05, 3.63) is 95.1 Å². The van der Waals surface area contributed by atoms with Gasteiger partial charge in [-0.05, 0) is 49.6 Å². The number of aromatic nitrogens is 2. The number of pyridine rings is 2. The summed E-state index contributed by atoms with van der Waals surface area (Å²) >= 11 is 0. The van der Waals surface area contributed by atoms with Crippen LogP contribution in [0.2, 0.25) is 0 Å². The van der Waals surface area contributed by atoms with Crippen LogP contribution in [0.5, 0.6) is 5.75 Å². The van der Waals surface area contributed by atoms with E-state index >= 15 is 0 Å². The molecular weight excluding hydrogens is 374 g/mol. The molecule has 1 amide bonds. The normalized spacial score (nSPS) is 13.8. The lowest BCUT2D eigenvalue weighted by molar-refractivity contribution is 0.0743. The molecule has 1 saturated heterocycles. The number of likely N-dealkylation sites (tertiary alicyclic amines) is 1. The van der Waals surface area contributed by atoms with Crippen molar-refractivity contribution in [3.63, 3.8) is 0 Å². The van der Waals surface area contributed by atoms with E-state index in [9.17, 15) is 4.79 Å². The highest BCUT2D eigenvalue weighted by molar-refractivity contribution is 5.94. The van der Waals surface area contributed by atoms with Gasteiger partial charge in [0.05, 0.1) is 18.4 Å². The summed E-state index contributed by atoms with van der Waals surface area (Å²) in [4.78, 5) is 23.6. The molecule has 3 heterocycles. The molecule has 1 aliphatic heterocycles. The third-order valence-electron chi connectivity index (χ3n) is 5.43. The van der Waals surface area contributed by atoms with Crippen molar-refractivity contribution in [1.29, 1.82) is 0 Å². The van der Waals surface area contributed by atoms with E-state index in [0.29, 0.717) is 18.7 Å². The van der Waals surface area contributed by atoms with Gasteiger partial charge < -0.3 is 9.64 Å². The molecule has 0 radical (unpaired) electrons. The number of hydrogen-bond donors (Lipinski definition) is 0. The molecule has 0 unspecified atom stereocenters. The first kappa shape index (κ1) is 19.8. The molecule has 0 atom stereocenters. The molecule has 1 aromatic carbocycles. The summed E-state index contributed by atoms with van der Waals surface area (Å²) in [5, 5.41) is 0. The molecule has 0 saturated carbocycles. The maximum atomic E-state index is 12.9. The van der Waals surface area contributed by atoms with Gasteiger partial charge in [0.2, 0.25) is 0 Å². The second kappa shape index (κ2) is 8.91. The van der Waals surface area contributed by atoms with Crippen LogP contribution in [-0.2, 0) is 0 Å². The zero-order chi connectivity index (χ0) is 20.9. The summed E-state index contributed by atoms with van der Waals surface area (Å²) < 4.78 is 5.63. The smallest absolute Gasteiger partial charge is 0.255 e. The fourth-order valence-electron chi connectivity index (χ4n) is 3.96. The molecular formula is C25H25N3O2. The summed E-state index contributed by atoms with van der Waals surface area (Å²) in [6.07, 6.45) is 6.83. The van der Waals surface area contributed by atoms with E-state index in [-0.39, 0.29) is 5.91 Å². The lowest BCUT2D eigenvalue weighted by Gasteiger charge is -2.30. The van der Waals surface area contributed by atoms with Crippen LogP contribution in [0, 0.1) is 6.92 Å². The molecule has 1 aliphatic rings. The van der Waals surface area contributed by atoms with Crippen molar-refractivity contribution in [1.82, 2.24) is 14.9 Å². The maximum Gasteiger partial charge on any atom is 0.255 e. The van der Waals surface area contributed by atoms with Crippen molar-refractivity contribution in [2.24, 2.45) is 0 Å². The van der Waals surface area contributed by atoms with Gasteiger partial charge in [0.1, 0.15) is 5.75 Å². The lowest BCUT2D eigenvalue weighted by atomic mass is 9.90. The van der Waals surface area contributed by atoms with Gasteiger partial charge in [-0.15, -0.1) is 0 Å². The van der Waals surface area contributed by atoms with E-state index in [2.05, 4.69) is 16.0 Å². The predicted molar refractivity (Wildman–Crippen MR) is 117 cm³/mol. The Morgan fingerprint density at radius 2 is 1.80 bits per heavy atom. The molecule has 0 bridgehead atoms. The zero-order valence-electron chi connectivity index (χ0n) is 17.3. The average Bonchev–Trinajstić information content (AvgIpc) is 2.80. The van der Waals surface area contributed by atoms with Gasteiger partial charge in [0.15, 0.2) is 0 Å². The number of benzene rings is 1. The van der Waals surface area contributed by atoms with E-state index in [0.717, 1.165) is 41.0 Å². The predicted octanol–water partition coefficient (Wildman–Crippen LogP) is 4.53. The largest absolute Gasteiger partial charge is 0.496 e. The molecule has 2 aromatic heterocycles. The first-order chi connectivity index (χ1) is 14.7. The fourth-order valence-corrected chi connectivity index (χ4v) is 3.96. The molecule has 3 aromatic rings. The molecule has 0 aliphatic carbocycles. The topological polar surface area (TPSA) is 55.3 Å². The molecule has 152 valence electrons. The van der Waals surface area contributed by atoms with Gasteiger partial charge in [-0.1, -0.05) is 29.8 Å². The van der Waals surface area contributed by atoms with Crippen LogP contribution in [0.4, 0.5) is 0 Å². The quantitative estimate of drug-likeness (QED) is 0.647. The van der Waals surface area contributed by atoms with Crippen molar-refractivity contribution in [2.45, 2.75) is 19.8 Å². The van der Waals surface area contributed by atoms with Crippen LogP contribution in [0.15, 0.2) is 72.7 Å². The third-order valence-corrected chi connectivity index (χ3v) is 5.43. The Morgan fingerprint density at radius 3 is 2.50 bits per heavy atom. The van der Waals surface area contributed by atoms with Crippen molar-refractivity contribution >= 4 is 11.5 Å². The summed E-state index contributed by atoms with van der Waals surface area (Å²) in [5.74, 6) is 0.872. The second-order valence-corrected chi connectivity index (χ2v) is 7.44. The summed E-state index contributed by atoms with van der Waals surface area (Å²) in [6, 6.07) is 15.9. The SMILES string of the molecule is COc1ccccc1C(=C1CCN(C(=O)c2cncc(C)c2)CC1)c1ccccn1. The van der Waals surface area contributed by atoms with Gasteiger partial charge in [0, 0.05) is 42.8 Å². The summed E-state index contributed by atoms with van der Waals surface area (Å²) in [5.41, 5.74) is 6.02. The standard InChI is InChI=1S/C25H25N3O2/c1-18-15-20(17-26-16-18)25(29)28-13-10-19(11-14-28)24(22-8-5-6-12-27-22)21-7-3-4-9-23(21)30-2/h3-9,12,15-17H,10-11,13-14H2,1-2H3. The van der Waals surface area contributed by atoms with Gasteiger partial charge >= 0.3 is 0 Å². The molecule has 4 rings (SSSR count). The minimum Gasteiger partial charge on any atom is -0.496 e. The molecule has 30 heavy (non-hydrogen) atoms. The number of aryl methyl sites for hydroxylation is 1. The highest BCUT2D eigenvalue weighted by atomic mass is 16.5. The van der Waals surface area contributed by atoms with Crippen LogP contribution in [0.25, 0.3) is 5.57 Å². The molecule has 5 nitrogen and oxygen atoms in total. The highest BCUT2D eigenvalue weighted by Crippen LogP contribution is 2.36. The number of carbonyl (C=O) groups excluding carboxylic acids is 1. The number of piperidine rings is 1. The molecule has 0 N–H and O–H groups in total. The first-order valence-electron chi connectivity index (χ1n) is 10.1. The minimum absolute atomic E-state index is 0.0435. The monoisotopic (exact) mass is 399 g/mol. The van der Waals surface area contributed by atoms with E-state index < -0.39 is 0 Å². The van der Waals surface area contributed by atoms with Gasteiger partial charge in [0.25, 0.3) is 5.91 Å². The number of rotatable bonds is 4. The number of methoxy groups -OCH3 is 1. The van der Waals surface area contributed by atoms with Gasteiger partial charge in [-0.3, -0.25) is 14.8 Å². The van der Waals surface area contributed by atoms with Crippen LogP contribution in [0.3, 0.4) is 0 Å². The number of carbonyl (C=O) groups is 1. The average molecular weight is 399 g/mol. The first-order valence-corrected chi connectivity index (χ1v) is 10.1. The molecule has 0 spiro atoms. The van der Waals surface area contributed by atoms with E-state index in [1.165, 1.54) is 5.57 Å². The zero-order valence-corrected chi connectivity index (χ0v) is 17.3. The Bertz CT molecular complexity index is 1070. The highest BCUT2D eigenvalue weighted by Gasteiger charge is 2.24. The summed E-state index contributed by atoms with van der Waals surface area (Å²) in [6.45, 7) is 3.30. The van der Waals surface area contributed by atoms with Crippen LogP contribution in [-0.4, -0.2) is 41.0 Å². The van der Waals surface area contributed by atoms with E-state index in [1.54, 1.807) is 19.5 Å². The lowest BCUT2D eigenvalue weighted by Crippen LogP contribution is -2.36.